The number of aromatic nitrogens is 1. The summed E-state index contributed by atoms with van der Waals surface area (Å²) in [4.78, 5) is 19.3. The summed E-state index contributed by atoms with van der Waals surface area (Å²) in [7, 11) is 0. The first-order valence-corrected chi connectivity index (χ1v) is 13.2. The number of fused-ring (bicyclic) bond motifs is 1. The Morgan fingerprint density at radius 1 is 1.25 bits per heavy atom. The molecular formula is C30H37N5O. The van der Waals surface area contributed by atoms with E-state index < -0.39 is 0 Å². The molecule has 1 aromatic carbocycles. The molecular weight excluding hydrogens is 446 g/mol. The highest BCUT2D eigenvalue weighted by Gasteiger charge is 2.48. The molecule has 1 aliphatic heterocycles. The van der Waals surface area contributed by atoms with Crippen molar-refractivity contribution in [2.75, 3.05) is 18.4 Å². The van der Waals surface area contributed by atoms with Crippen LogP contribution in [0.15, 0.2) is 78.7 Å². The molecule has 2 aliphatic carbocycles. The van der Waals surface area contributed by atoms with Gasteiger partial charge in [-0.2, -0.15) is 0 Å². The van der Waals surface area contributed by atoms with Crippen molar-refractivity contribution in [3.8, 4) is 0 Å². The van der Waals surface area contributed by atoms with Gasteiger partial charge < -0.3 is 20.9 Å². The number of allylic oxidation sites excluding steroid dienone is 1. The van der Waals surface area contributed by atoms with Crippen LogP contribution in [-0.4, -0.2) is 41.3 Å². The summed E-state index contributed by atoms with van der Waals surface area (Å²) in [5.41, 5.74) is 3.67. The quantitative estimate of drug-likeness (QED) is 0.335. The molecule has 0 saturated heterocycles. The molecule has 0 radical (unpaired) electrons. The smallest absolute Gasteiger partial charge is 0.318 e. The highest BCUT2D eigenvalue weighted by Crippen LogP contribution is 2.56. The molecule has 0 bridgehead atoms. The number of anilines is 1. The van der Waals surface area contributed by atoms with Crippen LogP contribution >= 0.6 is 0 Å². The van der Waals surface area contributed by atoms with Crippen LogP contribution in [0.5, 0.6) is 0 Å². The molecule has 6 nitrogen and oxygen atoms in total. The summed E-state index contributed by atoms with van der Waals surface area (Å²) in [6.45, 7) is 3.82. The minimum Gasteiger partial charge on any atom is -0.377 e. The van der Waals surface area contributed by atoms with E-state index in [4.69, 9.17) is 5.41 Å². The van der Waals surface area contributed by atoms with Crippen molar-refractivity contribution in [3.63, 3.8) is 0 Å². The fourth-order valence-electron chi connectivity index (χ4n) is 6.37. The Morgan fingerprint density at radius 3 is 2.83 bits per heavy atom. The van der Waals surface area contributed by atoms with Crippen molar-refractivity contribution in [2.24, 2.45) is 17.3 Å². The van der Waals surface area contributed by atoms with Gasteiger partial charge in [-0.05, 0) is 61.1 Å². The van der Waals surface area contributed by atoms with E-state index in [1.54, 1.807) is 12.4 Å². The van der Waals surface area contributed by atoms with Gasteiger partial charge in [-0.3, -0.25) is 4.98 Å². The van der Waals surface area contributed by atoms with E-state index in [1.807, 2.05) is 29.3 Å². The van der Waals surface area contributed by atoms with Crippen LogP contribution in [0.1, 0.15) is 50.6 Å². The van der Waals surface area contributed by atoms with Gasteiger partial charge in [-0.1, -0.05) is 61.1 Å². The normalized spacial score (nSPS) is 28.1. The number of urea groups is 1. The Hall–Kier alpha value is -3.41. The van der Waals surface area contributed by atoms with Gasteiger partial charge in [-0.25, -0.2) is 4.79 Å². The second-order valence-corrected chi connectivity index (χ2v) is 10.6. The molecule has 5 atom stereocenters. The molecule has 3 N–H and O–H groups in total. The average molecular weight is 484 g/mol. The van der Waals surface area contributed by atoms with Crippen LogP contribution in [0, 0.1) is 22.7 Å². The van der Waals surface area contributed by atoms with Gasteiger partial charge in [0.05, 0.1) is 17.8 Å². The van der Waals surface area contributed by atoms with E-state index in [0.717, 1.165) is 49.9 Å². The Morgan fingerprint density at radius 2 is 2.11 bits per heavy atom. The lowest BCUT2D eigenvalue weighted by Crippen LogP contribution is -2.44. The standard InChI is InChI=1S/C30H37N5O/c1-30-19-23(20-31)28(33-26-11-8-14-32-21-26)18-25(30)13-12-24(30)17-27(22-9-4-2-5-10-22)34-29(36)35-15-6-3-7-16-35/h2-6,8-11,14,18,20-21,23-24,27-28,31,33H,7,12-13,15-17,19H2,1H3,(H,34,36)/t23?,24-,27?,28?,30-/m1/s1. The van der Waals surface area contributed by atoms with Gasteiger partial charge in [0.2, 0.25) is 0 Å². The molecule has 3 aliphatic rings. The van der Waals surface area contributed by atoms with Gasteiger partial charge in [-0.15, -0.1) is 0 Å². The lowest BCUT2D eigenvalue weighted by atomic mass is 9.64. The minimum absolute atomic E-state index is 0.0221. The monoisotopic (exact) mass is 483 g/mol. The Balaban J connectivity index is 1.35. The predicted octanol–water partition coefficient (Wildman–Crippen LogP) is 5.98. The predicted molar refractivity (Wildman–Crippen MR) is 145 cm³/mol. The molecule has 1 aromatic heterocycles. The van der Waals surface area contributed by atoms with E-state index in [1.165, 1.54) is 5.57 Å². The molecule has 2 amide bonds. The van der Waals surface area contributed by atoms with Crippen molar-refractivity contribution < 1.29 is 4.79 Å². The molecule has 188 valence electrons. The van der Waals surface area contributed by atoms with Crippen LogP contribution in [0.2, 0.25) is 0 Å². The van der Waals surface area contributed by atoms with Gasteiger partial charge in [0.25, 0.3) is 0 Å². The molecule has 6 heteroatoms. The second-order valence-electron chi connectivity index (χ2n) is 10.6. The van der Waals surface area contributed by atoms with Crippen LogP contribution in [-0.2, 0) is 0 Å². The van der Waals surface area contributed by atoms with Crippen molar-refractivity contribution in [2.45, 2.75) is 51.1 Å². The zero-order valence-electron chi connectivity index (χ0n) is 21.1. The highest BCUT2D eigenvalue weighted by molar-refractivity contribution is 5.75. The second kappa shape index (κ2) is 10.7. The highest BCUT2D eigenvalue weighted by atomic mass is 16.2. The molecule has 1 saturated carbocycles. The first-order valence-electron chi connectivity index (χ1n) is 13.2. The van der Waals surface area contributed by atoms with Crippen molar-refractivity contribution in [1.82, 2.24) is 15.2 Å². The Labute approximate surface area is 214 Å². The zero-order chi connectivity index (χ0) is 25.0. The summed E-state index contributed by atoms with van der Waals surface area (Å²) in [6, 6.07) is 14.5. The number of amides is 2. The van der Waals surface area contributed by atoms with Crippen LogP contribution in [0.4, 0.5) is 10.5 Å². The van der Waals surface area contributed by atoms with Crippen LogP contribution < -0.4 is 10.6 Å². The Kier molecular flexibility index (Phi) is 7.21. The van der Waals surface area contributed by atoms with E-state index in [-0.39, 0.29) is 29.4 Å². The van der Waals surface area contributed by atoms with Crippen molar-refractivity contribution >= 4 is 17.9 Å². The average Bonchev–Trinajstić information content (AvgIpc) is 3.24. The molecule has 1 fully saturated rings. The fraction of sp³-hybridized carbons (Fsp3) is 0.433. The lowest BCUT2D eigenvalue weighted by molar-refractivity contribution is 0.177. The maximum Gasteiger partial charge on any atom is 0.318 e. The largest absolute Gasteiger partial charge is 0.377 e. The third-order valence-corrected chi connectivity index (χ3v) is 8.47. The molecule has 2 aromatic rings. The maximum atomic E-state index is 13.2. The van der Waals surface area contributed by atoms with E-state index in [2.05, 4.69) is 65.0 Å². The number of carbonyl (C=O) groups excluding carboxylic acids is 1. The number of nitrogens with zero attached hydrogens (tertiary/aromatic N) is 2. The third kappa shape index (κ3) is 5.08. The maximum absolute atomic E-state index is 13.2. The van der Waals surface area contributed by atoms with Crippen molar-refractivity contribution in [3.05, 3.63) is 84.2 Å². The summed E-state index contributed by atoms with van der Waals surface area (Å²) in [6.07, 6.45) is 16.8. The van der Waals surface area contributed by atoms with E-state index >= 15 is 0 Å². The number of hydrogen-bond acceptors (Lipinski definition) is 4. The van der Waals surface area contributed by atoms with E-state index in [9.17, 15) is 4.79 Å². The topological polar surface area (TPSA) is 81.1 Å². The number of benzene rings is 1. The number of carbonyl (C=O) groups is 1. The Bertz CT molecular complexity index is 1110. The molecule has 5 rings (SSSR count). The molecule has 36 heavy (non-hydrogen) atoms. The molecule has 0 spiro atoms. The summed E-state index contributed by atoms with van der Waals surface area (Å²) < 4.78 is 0. The first-order chi connectivity index (χ1) is 17.6. The minimum atomic E-state index is -0.0320. The van der Waals surface area contributed by atoms with Crippen LogP contribution in [0.3, 0.4) is 0 Å². The third-order valence-electron chi connectivity index (χ3n) is 8.47. The van der Waals surface area contributed by atoms with Crippen molar-refractivity contribution in [1.29, 1.82) is 5.41 Å². The number of rotatable bonds is 7. The molecule has 2 heterocycles. The summed E-state index contributed by atoms with van der Waals surface area (Å²) >= 11 is 0. The summed E-state index contributed by atoms with van der Waals surface area (Å²) in [5, 5.41) is 15.2. The molecule has 3 unspecified atom stereocenters. The number of hydrogen-bond donors (Lipinski definition) is 3. The zero-order valence-corrected chi connectivity index (χ0v) is 21.1. The van der Waals surface area contributed by atoms with Crippen LogP contribution in [0.25, 0.3) is 0 Å². The fourth-order valence-corrected chi connectivity index (χ4v) is 6.37. The van der Waals surface area contributed by atoms with Gasteiger partial charge in [0.1, 0.15) is 0 Å². The summed E-state index contributed by atoms with van der Waals surface area (Å²) in [5.74, 6) is 0.557. The van der Waals surface area contributed by atoms with Gasteiger partial charge in [0.15, 0.2) is 0 Å². The first kappa shape index (κ1) is 24.3. The van der Waals surface area contributed by atoms with E-state index in [0.29, 0.717) is 12.5 Å². The lowest BCUT2D eigenvalue weighted by Gasteiger charge is -2.43. The van der Waals surface area contributed by atoms with Gasteiger partial charge >= 0.3 is 6.03 Å². The number of nitrogens with one attached hydrogen (secondary N) is 3. The SMILES string of the molecule is C[C@]12CC(C=N)C(Nc3cccnc3)C=C1CC[C@@H]2CC(NC(=O)N1CC=CCC1)c1ccccc1. The number of pyridine rings is 1. The van der Waals surface area contributed by atoms with Gasteiger partial charge in [0, 0.05) is 37.6 Å².